The molecule has 98 heavy (non-hydrogen) atoms. The Hall–Kier alpha value is -9.31. The number of amides is 13. The lowest BCUT2D eigenvalue weighted by molar-refractivity contribution is -0.142. The van der Waals surface area contributed by atoms with Gasteiger partial charge in [-0.3, -0.25) is 81.5 Å². The van der Waals surface area contributed by atoms with Crippen molar-refractivity contribution in [2.45, 2.75) is 204 Å². The van der Waals surface area contributed by atoms with Gasteiger partial charge in [-0.25, -0.2) is 4.79 Å². The molecule has 13 amide bonds. The van der Waals surface area contributed by atoms with Crippen molar-refractivity contribution in [1.82, 2.24) is 63.8 Å². The Morgan fingerprint density at radius 2 is 0.796 bits per heavy atom. The maximum Gasteiger partial charge on any atom is 0.327 e. The maximum absolute atomic E-state index is 14.3. The Balaban J connectivity index is 6.84. The zero-order valence-electron chi connectivity index (χ0n) is 55.4. The smallest absolute Gasteiger partial charge is 0.327 e. The summed E-state index contributed by atoms with van der Waals surface area (Å²) in [5, 5.41) is 84.9. The monoisotopic (exact) mass is 1420 g/mol. The lowest BCUT2D eigenvalue weighted by Gasteiger charge is -2.30. The summed E-state index contributed by atoms with van der Waals surface area (Å²) in [6, 6.07) is -18.3. The zero-order valence-corrected chi connectivity index (χ0v) is 56.3. The third-order valence-electron chi connectivity index (χ3n) is 14.4. The van der Waals surface area contributed by atoms with Crippen LogP contribution < -0.4 is 81.0 Å². The maximum atomic E-state index is 14.3. The molecule has 554 valence electrons. The minimum Gasteiger partial charge on any atom is -0.481 e. The lowest BCUT2D eigenvalue weighted by Crippen LogP contribution is -2.62. The van der Waals surface area contributed by atoms with Gasteiger partial charge in [0.15, 0.2) is 0 Å². The molecule has 0 aromatic heterocycles. The van der Waals surface area contributed by atoms with Crippen LogP contribution in [0.15, 0.2) is 0 Å². The molecule has 0 aromatic carbocycles. The van der Waals surface area contributed by atoms with E-state index in [2.05, 4.69) is 76.4 Å². The molecular weight excluding hydrogens is 1320 g/mol. The second-order valence-electron chi connectivity index (χ2n) is 23.7. The van der Waals surface area contributed by atoms with Crippen LogP contribution in [-0.2, 0) is 86.3 Å². The Morgan fingerprint density at radius 1 is 0.408 bits per heavy atom. The Bertz CT molecular complexity index is 2800. The largest absolute Gasteiger partial charge is 0.481 e. The summed E-state index contributed by atoms with van der Waals surface area (Å²) in [5.41, 5.74) is 16.8. The standard InChI is InChI=1S/C58H97N15O24S/c1-7-29(6)47(73-55(93)36(21-28(4)5)70-50(88)31(10-8-9-19-59)66-51(89)32(12-15-40(61)75)65-48(86)30(60)11-16-43(78)79)57(95)72-38(25-74)56(94)68-33(13-17-44(80)81)52(90)67-34(14-18-45(82)83)53(91)71-37(22-46(84)85)54(92)69-35(20-27(2)3)49(87)63-23-41(76)62-24-42(77)64-39(26-98)58(96)97/h27-39,47,74,98H,7-26,59-60H2,1-6H3,(H2,61,75)(H,62,76)(H,63,87)(H,64,77)(H,65,86)(H,66,89)(H,67,90)(H,68,94)(H,69,92)(H,70,88)(H,71,91)(H,72,95)(H,73,93)(H,78,79)(H,80,81)(H,82,83)(H,84,85)(H,96,97)/t29-,30-,31-,32-,33-,34-,35-,36-,37-,38-,39-,47-/m0/s1. The van der Waals surface area contributed by atoms with E-state index in [4.69, 9.17) is 27.4 Å². The van der Waals surface area contributed by atoms with Crippen molar-refractivity contribution in [1.29, 1.82) is 0 Å². The molecule has 0 saturated heterocycles. The topological polar surface area (TPSA) is 651 Å². The number of nitrogens with one attached hydrogen (secondary N) is 12. The van der Waals surface area contributed by atoms with Crippen LogP contribution in [0.1, 0.15) is 138 Å². The van der Waals surface area contributed by atoms with E-state index < -0.39 is 244 Å². The molecule has 0 aliphatic carbocycles. The number of carbonyl (C=O) groups excluding carboxylic acids is 13. The first-order valence-electron chi connectivity index (χ1n) is 31.4. The number of aliphatic hydroxyl groups excluding tert-OH is 1. The van der Waals surface area contributed by atoms with Crippen LogP contribution in [0.4, 0.5) is 0 Å². The van der Waals surface area contributed by atoms with E-state index >= 15 is 0 Å². The number of aliphatic hydroxyl groups is 1. The summed E-state index contributed by atoms with van der Waals surface area (Å²) in [5.74, 6) is -23.4. The molecule has 40 heteroatoms. The van der Waals surface area contributed by atoms with Crippen LogP contribution in [0.5, 0.6) is 0 Å². The van der Waals surface area contributed by atoms with Crippen LogP contribution in [0, 0.1) is 17.8 Å². The zero-order chi connectivity index (χ0) is 75.1. The molecule has 24 N–H and O–H groups in total. The fourth-order valence-electron chi connectivity index (χ4n) is 8.88. The van der Waals surface area contributed by atoms with Crippen LogP contribution >= 0.6 is 12.6 Å². The van der Waals surface area contributed by atoms with E-state index in [1.54, 1.807) is 34.6 Å². The van der Waals surface area contributed by atoms with E-state index in [1.165, 1.54) is 6.92 Å². The van der Waals surface area contributed by atoms with Gasteiger partial charge in [0.05, 0.1) is 32.2 Å². The molecule has 0 bridgehead atoms. The van der Waals surface area contributed by atoms with Gasteiger partial charge < -0.3 is 112 Å². The molecule has 0 fully saturated rings. The highest BCUT2D eigenvalue weighted by molar-refractivity contribution is 7.80. The molecular formula is C58H97N15O24S. The van der Waals surface area contributed by atoms with Crippen LogP contribution in [0.3, 0.4) is 0 Å². The minimum absolute atomic E-state index is 0.0824. The van der Waals surface area contributed by atoms with E-state index in [9.17, 15) is 107 Å². The van der Waals surface area contributed by atoms with E-state index in [-0.39, 0.29) is 69.1 Å². The van der Waals surface area contributed by atoms with Crippen molar-refractivity contribution in [2.24, 2.45) is 35.0 Å². The summed E-state index contributed by atoms with van der Waals surface area (Å²) in [7, 11) is 0. The first-order chi connectivity index (χ1) is 45.8. The van der Waals surface area contributed by atoms with Crippen molar-refractivity contribution < 1.29 is 117 Å². The van der Waals surface area contributed by atoms with Crippen molar-refractivity contribution >= 4 is 119 Å². The number of primary amides is 1. The number of hydrogen-bond donors (Lipinski definition) is 22. The number of hydrogen-bond acceptors (Lipinski definition) is 22. The van der Waals surface area contributed by atoms with E-state index in [0.717, 1.165) is 0 Å². The predicted molar refractivity (Wildman–Crippen MR) is 344 cm³/mol. The summed E-state index contributed by atoms with van der Waals surface area (Å²) in [6.45, 7) is 7.18. The van der Waals surface area contributed by atoms with Gasteiger partial charge in [-0.1, -0.05) is 48.0 Å². The first kappa shape index (κ1) is 88.7. The lowest BCUT2D eigenvalue weighted by atomic mass is 9.96. The second-order valence-corrected chi connectivity index (χ2v) is 24.1. The van der Waals surface area contributed by atoms with Crippen molar-refractivity contribution in [2.75, 3.05) is 32.0 Å². The molecule has 0 aliphatic rings. The Labute approximate surface area is 569 Å². The van der Waals surface area contributed by atoms with Gasteiger partial charge in [-0.05, 0) is 82.1 Å². The van der Waals surface area contributed by atoms with Crippen LogP contribution in [0.2, 0.25) is 0 Å². The number of rotatable bonds is 51. The van der Waals surface area contributed by atoms with Gasteiger partial charge in [-0.2, -0.15) is 12.6 Å². The Kier molecular flexibility index (Phi) is 42.3. The summed E-state index contributed by atoms with van der Waals surface area (Å²) >= 11 is 3.82. The van der Waals surface area contributed by atoms with Gasteiger partial charge in [-0.15, -0.1) is 0 Å². The minimum atomic E-state index is -2.08. The number of aliphatic carboxylic acids is 5. The molecule has 0 saturated carbocycles. The quantitative estimate of drug-likeness (QED) is 0.0199. The number of carboxylic acid groups (broad SMARTS) is 5. The van der Waals surface area contributed by atoms with Crippen molar-refractivity contribution in [3.63, 3.8) is 0 Å². The van der Waals surface area contributed by atoms with Crippen molar-refractivity contribution in [3.05, 3.63) is 0 Å². The molecule has 0 heterocycles. The summed E-state index contributed by atoms with van der Waals surface area (Å²) in [4.78, 5) is 233. The van der Waals surface area contributed by atoms with E-state index in [0.29, 0.717) is 6.42 Å². The van der Waals surface area contributed by atoms with Gasteiger partial charge >= 0.3 is 29.8 Å². The fourth-order valence-corrected chi connectivity index (χ4v) is 9.12. The van der Waals surface area contributed by atoms with Gasteiger partial charge in [0.1, 0.15) is 60.4 Å². The Morgan fingerprint density at radius 3 is 1.21 bits per heavy atom. The van der Waals surface area contributed by atoms with E-state index in [1.807, 2.05) is 0 Å². The first-order valence-corrected chi connectivity index (χ1v) is 32.1. The van der Waals surface area contributed by atoms with Crippen LogP contribution in [-0.4, -0.2) is 236 Å². The third-order valence-corrected chi connectivity index (χ3v) is 14.8. The number of thiol groups is 1. The molecule has 12 atom stereocenters. The average Bonchev–Trinajstić information content (AvgIpc) is 0.886. The summed E-state index contributed by atoms with van der Waals surface area (Å²) < 4.78 is 0. The normalized spacial score (nSPS) is 14.7. The van der Waals surface area contributed by atoms with Gasteiger partial charge in [0, 0.05) is 31.4 Å². The number of nitrogens with two attached hydrogens (primary N) is 3. The highest BCUT2D eigenvalue weighted by atomic mass is 32.1. The second kappa shape index (κ2) is 46.8. The van der Waals surface area contributed by atoms with Crippen molar-refractivity contribution in [3.8, 4) is 0 Å². The number of carbonyl (C=O) groups is 18. The highest BCUT2D eigenvalue weighted by Crippen LogP contribution is 2.15. The molecule has 0 aromatic rings. The fraction of sp³-hybridized carbons (Fsp3) is 0.690. The molecule has 0 rings (SSSR count). The van der Waals surface area contributed by atoms with Gasteiger partial charge in [0.25, 0.3) is 0 Å². The SMILES string of the molecule is CC[C@H](C)[C@H](NC(=O)[C@H](CC(C)C)NC(=O)[C@H](CCCCN)NC(=O)[C@H](CCC(N)=O)NC(=O)[C@@H](N)CCC(=O)O)C(=O)N[C@@H](CO)C(=O)N[C@@H](CCC(=O)O)C(=O)N[C@@H](CCC(=O)O)C(=O)N[C@@H](CC(=O)O)C(=O)N[C@@H](CC(C)C)C(=O)NCC(=O)NCC(=O)N[C@@H](CS)C(=O)O. The molecule has 0 spiro atoms. The third kappa shape index (κ3) is 36.7. The summed E-state index contributed by atoms with van der Waals surface area (Å²) in [6.07, 6.45) is -5.71. The molecule has 0 unspecified atom stereocenters. The number of unbranched alkanes of at least 4 members (excludes halogenated alkanes) is 1. The molecule has 39 nitrogen and oxygen atoms in total. The van der Waals surface area contributed by atoms with Gasteiger partial charge in [0.2, 0.25) is 76.8 Å². The van der Waals surface area contributed by atoms with Crippen LogP contribution in [0.25, 0.3) is 0 Å². The number of carboxylic acids is 5. The highest BCUT2D eigenvalue weighted by Gasteiger charge is 2.38. The average molecular weight is 1420 g/mol. The predicted octanol–water partition coefficient (Wildman–Crippen LogP) is -7.00. The molecule has 0 radical (unpaired) electrons. The molecule has 0 aliphatic heterocycles.